The summed E-state index contributed by atoms with van der Waals surface area (Å²) in [5.74, 6) is 0.0785. The fraction of sp³-hybridized carbons (Fsp3) is 0.519. The minimum absolute atomic E-state index is 0.0328. The number of hydrogen-bond donors (Lipinski definition) is 0. The smallest absolute Gasteiger partial charge is 0.254 e. The third-order valence-electron chi connectivity index (χ3n) is 6.67. The van der Waals surface area contributed by atoms with E-state index < -0.39 is 0 Å². The van der Waals surface area contributed by atoms with E-state index in [-0.39, 0.29) is 11.8 Å². The highest BCUT2D eigenvalue weighted by molar-refractivity contribution is 5.97. The highest BCUT2D eigenvalue weighted by atomic mass is 16.5. The molecule has 7 heteroatoms. The molecule has 2 aliphatic heterocycles. The van der Waals surface area contributed by atoms with Gasteiger partial charge in [-0.2, -0.15) is 0 Å². The van der Waals surface area contributed by atoms with E-state index in [2.05, 4.69) is 16.0 Å². The summed E-state index contributed by atoms with van der Waals surface area (Å²) in [4.78, 5) is 36.3. The van der Waals surface area contributed by atoms with Gasteiger partial charge in [0.25, 0.3) is 5.91 Å². The minimum Gasteiger partial charge on any atom is -0.378 e. The molecule has 0 unspecified atom stereocenters. The molecule has 1 aromatic carbocycles. The largest absolute Gasteiger partial charge is 0.378 e. The summed E-state index contributed by atoms with van der Waals surface area (Å²) in [6.45, 7) is 7.16. The van der Waals surface area contributed by atoms with Gasteiger partial charge in [0.2, 0.25) is 5.91 Å². The lowest BCUT2D eigenvalue weighted by Gasteiger charge is -2.30. The van der Waals surface area contributed by atoms with E-state index in [0.717, 1.165) is 43.6 Å². The van der Waals surface area contributed by atoms with Crippen LogP contribution in [0.15, 0.2) is 42.7 Å². The van der Waals surface area contributed by atoms with Gasteiger partial charge in [-0.15, -0.1) is 0 Å². The maximum absolute atomic E-state index is 13.2. The number of amides is 2. The fourth-order valence-corrected chi connectivity index (χ4v) is 4.85. The molecule has 1 fully saturated rings. The van der Waals surface area contributed by atoms with Gasteiger partial charge in [0, 0.05) is 63.3 Å². The molecule has 0 aliphatic carbocycles. The van der Waals surface area contributed by atoms with Gasteiger partial charge in [0.1, 0.15) is 0 Å². The number of hydrogen-bond acceptors (Lipinski definition) is 5. The Morgan fingerprint density at radius 2 is 1.74 bits per heavy atom. The first-order chi connectivity index (χ1) is 16.6. The van der Waals surface area contributed by atoms with Crippen LogP contribution in [-0.4, -0.2) is 66.0 Å². The van der Waals surface area contributed by atoms with Crippen LogP contribution in [0.3, 0.4) is 0 Å². The first kappa shape index (κ1) is 24.4. The van der Waals surface area contributed by atoms with Gasteiger partial charge in [0.15, 0.2) is 0 Å². The number of carbonyl (C=O) groups is 2. The summed E-state index contributed by atoms with van der Waals surface area (Å²) in [6, 6.07) is 9.92. The van der Waals surface area contributed by atoms with E-state index in [9.17, 15) is 9.59 Å². The summed E-state index contributed by atoms with van der Waals surface area (Å²) in [6.07, 6.45) is 9.33. The molecule has 7 nitrogen and oxygen atoms in total. The zero-order valence-corrected chi connectivity index (χ0v) is 20.2. The molecule has 0 bridgehead atoms. The zero-order chi connectivity index (χ0) is 23.8. The molecule has 0 radical (unpaired) electrons. The number of ether oxygens (including phenoxy) is 1. The monoisotopic (exact) mass is 464 g/mol. The van der Waals surface area contributed by atoms with E-state index >= 15 is 0 Å². The molecule has 2 aromatic rings. The summed E-state index contributed by atoms with van der Waals surface area (Å²) in [5, 5.41) is 0. The molecule has 34 heavy (non-hydrogen) atoms. The van der Waals surface area contributed by atoms with Crippen LogP contribution in [0.2, 0.25) is 0 Å². The zero-order valence-electron chi connectivity index (χ0n) is 20.2. The predicted octanol–water partition coefficient (Wildman–Crippen LogP) is 3.87. The van der Waals surface area contributed by atoms with Crippen LogP contribution in [0.4, 0.5) is 5.69 Å². The second kappa shape index (κ2) is 12.1. The number of anilines is 1. The van der Waals surface area contributed by atoms with Crippen LogP contribution in [0.25, 0.3) is 0 Å². The van der Waals surface area contributed by atoms with Crippen molar-refractivity contribution in [1.29, 1.82) is 0 Å². The summed E-state index contributed by atoms with van der Waals surface area (Å²) < 4.78 is 5.42. The first-order valence-corrected chi connectivity index (χ1v) is 12.5. The predicted molar refractivity (Wildman–Crippen MR) is 133 cm³/mol. The van der Waals surface area contributed by atoms with Gasteiger partial charge in [-0.3, -0.25) is 19.5 Å². The van der Waals surface area contributed by atoms with Crippen LogP contribution in [0.5, 0.6) is 0 Å². The van der Waals surface area contributed by atoms with Gasteiger partial charge >= 0.3 is 0 Å². The molecular formula is C27H36N4O3. The van der Waals surface area contributed by atoms with E-state index in [1.807, 2.05) is 40.3 Å². The molecule has 1 saturated heterocycles. The Labute approximate surface area is 202 Å². The number of nitrogens with zero attached hydrogens (tertiary/aromatic N) is 4. The number of benzene rings is 1. The van der Waals surface area contributed by atoms with Crippen LogP contribution in [0, 0.1) is 0 Å². The normalized spacial score (nSPS) is 18.5. The molecule has 0 atom stereocenters. The lowest BCUT2D eigenvalue weighted by molar-refractivity contribution is -0.116. The maximum Gasteiger partial charge on any atom is 0.254 e. The first-order valence-electron chi connectivity index (χ1n) is 12.5. The maximum atomic E-state index is 13.2. The summed E-state index contributed by atoms with van der Waals surface area (Å²) in [7, 11) is 0. The highest BCUT2D eigenvalue weighted by Crippen LogP contribution is 2.27. The van der Waals surface area contributed by atoms with Crippen molar-refractivity contribution in [3.8, 4) is 0 Å². The average Bonchev–Trinajstić information content (AvgIpc) is 2.85. The Morgan fingerprint density at radius 3 is 2.47 bits per heavy atom. The molecule has 0 N–H and O–H groups in total. The van der Waals surface area contributed by atoms with Crippen molar-refractivity contribution in [2.24, 2.45) is 0 Å². The second-order valence-corrected chi connectivity index (χ2v) is 9.26. The Kier molecular flexibility index (Phi) is 8.66. The van der Waals surface area contributed by atoms with Gasteiger partial charge in [-0.1, -0.05) is 25.3 Å². The van der Waals surface area contributed by atoms with Crippen molar-refractivity contribution in [2.75, 3.05) is 44.3 Å². The van der Waals surface area contributed by atoms with E-state index in [4.69, 9.17) is 4.74 Å². The Bertz CT molecular complexity index is 960. The topological polar surface area (TPSA) is 66.0 Å². The van der Waals surface area contributed by atoms with Gasteiger partial charge in [-0.25, -0.2) is 0 Å². The third kappa shape index (κ3) is 6.42. The van der Waals surface area contributed by atoms with Crippen LogP contribution in [0.1, 0.15) is 60.5 Å². The SMILES string of the molecule is CC(=O)N1CCCCCCCN(Cc2cccnc2)Cc2cc(C(=O)N3CCOCC3)ccc21. The molecule has 2 aliphatic rings. The fourth-order valence-electron chi connectivity index (χ4n) is 4.85. The quantitative estimate of drug-likeness (QED) is 0.690. The molecule has 0 saturated carbocycles. The third-order valence-corrected chi connectivity index (χ3v) is 6.67. The molecule has 182 valence electrons. The van der Waals surface area contributed by atoms with Crippen molar-refractivity contribution in [1.82, 2.24) is 14.8 Å². The number of carbonyl (C=O) groups excluding carboxylic acids is 2. The Balaban J connectivity index is 1.67. The van der Waals surface area contributed by atoms with Crippen molar-refractivity contribution < 1.29 is 14.3 Å². The van der Waals surface area contributed by atoms with Gasteiger partial charge in [-0.05, 0) is 54.8 Å². The van der Waals surface area contributed by atoms with Crippen LogP contribution >= 0.6 is 0 Å². The Hall–Kier alpha value is -2.77. The van der Waals surface area contributed by atoms with Crippen LogP contribution in [-0.2, 0) is 22.6 Å². The number of aromatic nitrogens is 1. The standard InChI is InChI=1S/C27H36N4O3/c1-22(32)31-13-6-4-2-3-5-12-29(20-23-8-7-11-28-19-23)21-25-18-24(9-10-26(25)31)27(33)30-14-16-34-17-15-30/h7-11,18-19H,2-6,12-17,20-21H2,1H3. The van der Waals surface area contributed by atoms with E-state index in [1.54, 1.807) is 13.1 Å². The number of fused-ring (bicyclic) bond motifs is 1. The van der Waals surface area contributed by atoms with Gasteiger partial charge in [0.05, 0.1) is 13.2 Å². The lowest BCUT2D eigenvalue weighted by atomic mass is 10.0. The molecule has 2 amide bonds. The molecule has 4 rings (SSSR count). The van der Waals surface area contributed by atoms with E-state index in [0.29, 0.717) is 45.0 Å². The summed E-state index contributed by atoms with van der Waals surface area (Å²) >= 11 is 0. The molecular weight excluding hydrogens is 428 g/mol. The Morgan fingerprint density at radius 1 is 0.971 bits per heavy atom. The molecule has 0 spiro atoms. The van der Waals surface area contributed by atoms with Crippen molar-refractivity contribution in [3.05, 3.63) is 59.4 Å². The number of morpholine rings is 1. The lowest BCUT2D eigenvalue weighted by Crippen LogP contribution is -2.40. The number of pyridine rings is 1. The summed E-state index contributed by atoms with van der Waals surface area (Å²) in [5.41, 5.74) is 3.79. The van der Waals surface area contributed by atoms with Gasteiger partial charge < -0.3 is 14.5 Å². The minimum atomic E-state index is 0.0328. The molecule has 3 heterocycles. The number of rotatable bonds is 3. The van der Waals surface area contributed by atoms with Crippen molar-refractivity contribution in [2.45, 2.75) is 52.1 Å². The van der Waals surface area contributed by atoms with Crippen molar-refractivity contribution >= 4 is 17.5 Å². The van der Waals surface area contributed by atoms with E-state index in [1.165, 1.54) is 18.4 Å². The van der Waals surface area contributed by atoms with Crippen molar-refractivity contribution in [3.63, 3.8) is 0 Å². The van der Waals surface area contributed by atoms with Crippen LogP contribution < -0.4 is 4.90 Å². The molecule has 1 aromatic heterocycles. The second-order valence-electron chi connectivity index (χ2n) is 9.26. The highest BCUT2D eigenvalue weighted by Gasteiger charge is 2.23. The average molecular weight is 465 g/mol.